The molecule has 8 nitrogen and oxygen atoms in total. The van der Waals surface area contributed by atoms with Gasteiger partial charge in [0.15, 0.2) is 0 Å². The molecule has 1 heterocycles. The summed E-state index contributed by atoms with van der Waals surface area (Å²) >= 11 is 0. The van der Waals surface area contributed by atoms with Crippen molar-refractivity contribution in [2.75, 3.05) is 47.4 Å². The normalized spacial score (nSPS) is 22.1. The standard InChI is InChI=1S/C34H51N3O5S/c1-24-20-32(41-6)25(2)26(3)34(24)43(39,40)37-19-18-30(22-37)42-23-33(38)35-21-28-12-15-29(16-13-28)31(36(4)5)17-14-27-10-8-7-9-11-27/h7-11,20,28-31H,12-19,21-23H2,1-6H3,(H,35,38). The van der Waals surface area contributed by atoms with E-state index in [1.165, 1.54) is 29.1 Å². The van der Waals surface area contributed by atoms with E-state index in [2.05, 4.69) is 54.6 Å². The van der Waals surface area contributed by atoms with Gasteiger partial charge in [0.05, 0.1) is 18.1 Å². The third-order valence-electron chi connectivity index (χ3n) is 9.61. The summed E-state index contributed by atoms with van der Waals surface area (Å²) in [5, 5.41) is 3.07. The molecule has 2 aromatic carbocycles. The number of aryl methyl sites for hydroxylation is 2. The Morgan fingerprint density at radius 1 is 1.05 bits per heavy atom. The summed E-state index contributed by atoms with van der Waals surface area (Å²) in [6, 6.07) is 13.1. The quantitative estimate of drug-likeness (QED) is 0.346. The SMILES string of the molecule is COc1cc(C)c(S(=O)(=O)N2CCC(OCC(=O)NCC3CCC(C(CCc4ccccc4)N(C)C)CC3)C2)c(C)c1C. The molecule has 2 atom stereocenters. The highest BCUT2D eigenvalue weighted by Gasteiger charge is 2.36. The van der Waals surface area contributed by atoms with Gasteiger partial charge in [-0.25, -0.2) is 8.42 Å². The Balaban J connectivity index is 1.19. The van der Waals surface area contributed by atoms with Crippen LogP contribution in [0.2, 0.25) is 0 Å². The van der Waals surface area contributed by atoms with E-state index in [1.807, 2.05) is 13.8 Å². The Labute approximate surface area is 259 Å². The first kappa shape index (κ1) is 33.4. The van der Waals surface area contributed by atoms with Crippen LogP contribution in [-0.2, 0) is 26.0 Å². The lowest BCUT2D eigenvalue weighted by atomic mass is 9.76. The van der Waals surface area contributed by atoms with Gasteiger partial charge >= 0.3 is 0 Å². The van der Waals surface area contributed by atoms with Gasteiger partial charge in [0.1, 0.15) is 12.4 Å². The molecule has 2 aliphatic rings. The third kappa shape index (κ3) is 8.38. The molecule has 43 heavy (non-hydrogen) atoms. The summed E-state index contributed by atoms with van der Waals surface area (Å²) < 4.78 is 39.9. The van der Waals surface area contributed by atoms with Gasteiger partial charge < -0.3 is 19.7 Å². The third-order valence-corrected chi connectivity index (χ3v) is 11.8. The number of hydrogen-bond donors (Lipinski definition) is 1. The van der Waals surface area contributed by atoms with E-state index in [4.69, 9.17) is 9.47 Å². The van der Waals surface area contributed by atoms with Gasteiger partial charge in [-0.1, -0.05) is 30.3 Å². The number of carbonyl (C=O) groups is 1. The summed E-state index contributed by atoms with van der Waals surface area (Å²) in [5.74, 6) is 1.73. The molecule has 1 saturated carbocycles. The lowest BCUT2D eigenvalue weighted by Crippen LogP contribution is -2.40. The van der Waals surface area contributed by atoms with Crippen molar-refractivity contribution < 1.29 is 22.7 Å². The molecule has 0 aromatic heterocycles. The van der Waals surface area contributed by atoms with Crippen molar-refractivity contribution in [3.8, 4) is 5.75 Å². The molecule has 1 saturated heterocycles. The van der Waals surface area contributed by atoms with Crippen LogP contribution in [0.4, 0.5) is 0 Å². The first-order valence-electron chi connectivity index (χ1n) is 15.7. The second-order valence-corrected chi connectivity index (χ2v) is 14.6. The van der Waals surface area contributed by atoms with Gasteiger partial charge in [0, 0.05) is 25.7 Å². The van der Waals surface area contributed by atoms with Gasteiger partial charge in [-0.2, -0.15) is 4.31 Å². The van der Waals surface area contributed by atoms with Crippen LogP contribution in [0.25, 0.3) is 0 Å². The topological polar surface area (TPSA) is 88.2 Å². The number of hydrogen-bond acceptors (Lipinski definition) is 6. The Bertz CT molecular complexity index is 1320. The van der Waals surface area contributed by atoms with Crippen molar-refractivity contribution in [2.24, 2.45) is 11.8 Å². The molecule has 0 radical (unpaired) electrons. The number of methoxy groups -OCH3 is 1. The minimum atomic E-state index is -3.68. The molecule has 0 bridgehead atoms. The fourth-order valence-corrected chi connectivity index (χ4v) is 8.94. The number of nitrogens with zero attached hydrogens (tertiary/aromatic N) is 2. The molecule has 1 amide bonds. The maximum absolute atomic E-state index is 13.5. The Morgan fingerprint density at radius 3 is 2.40 bits per heavy atom. The van der Waals surface area contributed by atoms with Gasteiger partial charge in [-0.05, 0) is 120 Å². The molecule has 238 valence electrons. The maximum Gasteiger partial charge on any atom is 0.246 e. The Morgan fingerprint density at radius 2 is 1.74 bits per heavy atom. The first-order valence-corrected chi connectivity index (χ1v) is 17.2. The molecule has 2 fully saturated rings. The zero-order chi connectivity index (χ0) is 31.1. The average Bonchev–Trinajstić information content (AvgIpc) is 3.48. The molecule has 1 aliphatic heterocycles. The highest BCUT2D eigenvalue weighted by Crippen LogP contribution is 2.35. The van der Waals surface area contributed by atoms with Crippen molar-refractivity contribution in [1.29, 1.82) is 0 Å². The molecule has 1 aliphatic carbocycles. The number of sulfonamides is 1. The van der Waals surface area contributed by atoms with E-state index >= 15 is 0 Å². The summed E-state index contributed by atoms with van der Waals surface area (Å²) in [5.41, 5.74) is 3.60. The first-order chi connectivity index (χ1) is 20.5. The highest BCUT2D eigenvalue weighted by atomic mass is 32.2. The molecule has 2 unspecified atom stereocenters. The van der Waals surface area contributed by atoms with Gasteiger partial charge in [-0.3, -0.25) is 4.79 Å². The van der Waals surface area contributed by atoms with Crippen molar-refractivity contribution in [3.63, 3.8) is 0 Å². The molecular weight excluding hydrogens is 562 g/mol. The second-order valence-electron chi connectivity index (χ2n) is 12.7. The monoisotopic (exact) mass is 613 g/mol. The van der Waals surface area contributed by atoms with E-state index < -0.39 is 10.0 Å². The maximum atomic E-state index is 13.5. The highest BCUT2D eigenvalue weighted by molar-refractivity contribution is 7.89. The zero-order valence-electron chi connectivity index (χ0n) is 26.9. The summed E-state index contributed by atoms with van der Waals surface area (Å²) in [6.07, 6.45) is 7.17. The van der Waals surface area contributed by atoms with Crippen LogP contribution in [0.15, 0.2) is 41.3 Å². The molecular formula is C34H51N3O5S. The minimum Gasteiger partial charge on any atom is -0.496 e. The largest absolute Gasteiger partial charge is 0.496 e. The number of rotatable bonds is 13. The molecule has 0 spiro atoms. The van der Waals surface area contributed by atoms with E-state index in [1.54, 1.807) is 20.1 Å². The van der Waals surface area contributed by atoms with Crippen LogP contribution in [0.5, 0.6) is 5.75 Å². The summed E-state index contributed by atoms with van der Waals surface area (Å²) in [4.78, 5) is 15.4. The van der Waals surface area contributed by atoms with Gasteiger partial charge in [0.25, 0.3) is 0 Å². The van der Waals surface area contributed by atoms with Crippen molar-refractivity contribution in [1.82, 2.24) is 14.5 Å². The van der Waals surface area contributed by atoms with Crippen LogP contribution in [0, 0.1) is 32.6 Å². The predicted molar refractivity (Wildman–Crippen MR) is 171 cm³/mol. The van der Waals surface area contributed by atoms with Crippen LogP contribution in [0.1, 0.15) is 60.8 Å². The van der Waals surface area contributed by atoms with E-state index in [-0.39, 0.29) is 25.2 Å². The number of ether oxygens (including phenoxy) is 2. The number of amides is 1. The smallest absolute Gasteiger partial charge is 0.246 e. The number of carbonyl (C=O) groups excluding carboxylic acids is 1. The van der Waals surface area contributed by atoms with Gasteiger partial charge in [-0.15, -0.1) is 0 Å². The van der Waals surface area contributed by atoms with Crippen LogP contribution in [-0.4, -0.2) is 83.1 Å². The van der Waals surface area contributed by atoms with Crippen molar-refractivity contribution in [3.05, 3.63) is 58.7 Å². The van der Waals surface area contributed by atoms with Gasteiger partial charge in [0.2, 0.25) is 15.9 Å². The van der Waals surface area contributed by atoms with E-state index in [9.17, 15) is 13.2 Å². The molecule has 4 rings (SSSR count). The average molecular weight is 614 g/mol. The predicted octanol–water partition coefficient (Wildman–Crippen LogP) is 4.89. The minimum absolute atomic E-state index is 0.0458. The summed E-state index contributed by atoms with van der Waals surface area (Å²) in [7, 11) is 2.30. The molecule has 1 N–H and O–H groups in total. The fourth-order valence-electron chi connectivity index (χ4n) is 6.97. The zero-order valence-corrected chi connectivity index (χ0v) is 27.7. The Kier molecular flexibility index (Phi) is 11.7. The van der Waals surface area contributed by atoms with Crippen molar-refractivity contribution in [2.45, 2.75) is 82.8 Å². The summed E-state index contributed by atoms with van der Waals surface area (Å²) in [6.45, 7) is 6.75. The molecule has 9 heteroatoms. The van der Waals surface area contributed by atoms with E-state index in [0.29, 0.717) is 59.2 Å². The Hall–Kier alpha value is -2.46. The number of nitrogens with one attached hydrogen (secondary N) is 1. The van der Waals surface area contributed by atoms with Crippen LogP contribution < -0.4 is 10.1 Å². The van der Waals surface area contributed by atoms with Crippen LogP contribution >= 0.6 is 0 Å². The fraction of sp³-hybridized carbons (Fsp3) is 0.618. The molecule has 2 aromatic rings. The van der Waals surface area contributed by atoms with E-state index in [0.717, 1.165) is 24.8 Å². The lowest BCUT2D eigenvalue weighted by Gasteiger charge is -2.37. The van der Waals surface area contributed by atoms with Crippen molar-refractivity contribution >= 4 is 15.9 Å². The second kappa shape index (κ2) is 15.0. The number of benzene rings is 2. The van der Waals surface area contributed by atoms with Crippen LogP contribution in [0.3, 0.4) is 0 Å². The lowest BCUT2D eigenvalue weighted by molar-refractivity contribution is -0.127.